The molecule has 120 valence electrons. The third-order valence-electron chi connectivity index (χ3n) is 3.59. The monoisotopic (exact) mass is 293 g/mol. The molecule has 1 aromatic rings. The maximum Gasteiger partial charge on any atom is 0.119 e. The molecule has 0 spiro atoms. The average Bonchev–Trinajstić information content (AvgIpc) is 2.53. The summed E-state index contributed by atoms with van der Waals surface area (Å²) in [6.07, 6.45) is 1.08. The van der Waals surface area contributed by atoms with Gasteiger partial charge in [-0.05, 0) is 44.3 Å². The largest absolute Gasteiger partial charge is 0.494 e. The molecular formula is C17H31N3O. The summed E-state index contributed by atoms with van der Waals surface area (Å²) >= 11 is 0. The van der Waals surface area contributed by atoms with Gasteiger partial charge in [0.15, 0.2) is 0 Å². The number of likely N-dealkylation sites (N-methyl/N-ethyl adjacent to an activating group) is 1. The molecular weight excluding hydrogens is 262 g/mol. The second kappa shape index (κ2) is 11.5. The molecule has 0 unspecified atom stereocenters. The van der Waals surface area contributed by atoms with Gasteiger partial charge in [0, 0.05) is 26.2 Å². The third kappa shape index (κ3) is 8.05. The van der Waals surface area contributed by atoms with Gasteiger partial charge in [-0.2, -0.15) is 0 Å². The van der Waals surface area contributed by atoms with E-state index in [1.165, 1.54) is 5.56 Å². The number of ether oxygens (including phenoxy) is 1. The summed E-state index contributed by atoms with van der Waals surface area (Å²) in [5.74, 6) is 0.966. The highest BCUT2D eigenvalue weighted by atomic mass is 16.5. The number of hydrogen-bond acceptors (Lipinski definition) is 4. The van der Waals surface area contributed by atoms with Crippen molar-refractivity contribution in [3.63, 3.8) is 0 Å². The molecule has 4 heteroatoms. The molecule has 0 aliphatic carbocycles. The summed E-state index contributed by atoms with van der Waals surface area (Å²) in [6.45, 7) is 11.4. The molecule has 1 rings (SSSR count). The second-order valence-electron chi connectivity index (χ2n) is 5.15. The van der Waals surface area contributed by atoms with Crippen LogP contribution in [0.4, 0.5) is 0 Å². The molecule has 0 aliphatic heterocycles. The van der Waals surface area contributed by atoms with E-state index in [2.05, 4.69) is 53.6 Å². The lowest BCUT2D eigenvalue weighted by molar-refractivity contribution is 0.249. The molecule has 0 aromatic heterocycles. The Morgan fingerprint density at radius 1 is 1.05 bits per heavy atom. The van der Waals surface area contributed by atoms with Crippen LogP contribution in [-0.4, -0.2) is 51.3 Å². The zero-order chi connectivity index (χ0) is 15.3. The smallest absolute Gasteiger partial charge is 0.119 e. The Morgan fingerprint density at radius 3 is 2.38 bits per heavy atom. The van der Waals surface area contributed by atoms with Crippen LogP contribution in [0.25, 0.3) is 0 Å². The highest BCUT2D eigenvalue weighted by Gasteiger charge is 1.99. The second-order valence-corrected chi connectivity index (χ2v) is 5.15. The molecule has 0 bridgehead atoms. The zero-order valence-corrected chi connectivity index (χ0v) is 13.8. The molecule has 0 radical (unpaired) electrons. The van der Waals surface area contributed by atoms with Crippen LogP contribution in [-0.2, 0) is 6.54 Å². The van der Waals surface area contributed by atoms with Crippen LogP contribution in [0, 0.1) is 0 Å². The van der Waals surface area contributed by atoms with E-state index >= 15 is 0 Å². The lowest BCUT2D eigenvalue weighted by Gasteiger charge is -2.17. The predicted molar refractivity (Wildman–Crippen MR) is 90.0 cm³/mol. The van der Waals surface area contributed by atoms with Crippen molar-refractivity contribution >= 4 is 0 Å². The molecule has 1 aromatic carbocycles. The van der Waals surface area contributed by atoms with Crippen molar-refractivity contribution in [1.82, 2.24) is 15.5 Å². The van der Waals surface area contributed by atoms with Crippen molar-refractivity contribution in [2.45, 2.75) is 26.8 Å². The highest BCUT2D eigenvalue weighted by Crippen LogP contribution is 2.12. The van der Waals surface area contributed by atoms with Crippen LogP contribution in [0.1, 0.15) is 25.8 Å². The van der Waals surface area contributed by atoms with Crippen LogP contribution in [0.3, 0.4) is 0 Å². The lowest BCUT2D eigenvalue weighted by atomic mass is 10.2. The normalized spacial score (nSPS) is 11.0. The first-order valence-corrected chi connectivity index (χ1v) is 8.09. The molecule has 0 fully saturated rings. The van der Waals surface area contributed by atoms with Gasteiger partial charge in [0.2, 0.25) is 0 Å². The van der Waals surface area contributed by atoms with Gasteiger partial charge in [0.1, 0.15) is 5.75 Å². The van der Waals surface area contributed by atoms with Gasteiger partial charge < -0.3 is 20.3 Å². The number of nitrogens with one attached hydrogen (secondary N) is 2. The molecule has 2 N–H and O–H groups in total. The van der Waals surface area contributed by atoms with E-state index in [0.29, 0.717) is 0 Å². The fraction of sp³-hybridized carbons (Fsp3) is 0.647. The third-order valence-corrected chi connectivity index (χ3v) is 3.59. The van der Waals surface area contributed by atoms with Crippen molar-refractivity contribution in [1.29, 1.82) is 0 Å². The topological polar surface area (TPSA) is 36.5 Å². The number of rotatable bonds is 12. The van der Waals surface area contributed by atoms with Crippen LogP contribution in [0.2, 0.25) is 0 Å². The number of benzene rings is 1. The fourth-order valence-corrected chi connectivity index (χ4v) is 2.17. The average molecular weight is 293 g/mol. The standard InChI is InChI=1S/C17H31N3O/c1-4-20(5-2)13-6-14-21-17-9-7-16(8-10-17)15-19-12-11-18-3/h7-10,18-19H,4-6,11-15H2,1-3H3. The molecule has 0 aliphatic rings. The Balaban J connectivity index is 2.18. The van der Waals surface area contributed by atoms with Crippen LogP contribution >= 0.6 is 0 Å². The summed E-state index contributed by atoms with van der Waals surface area (Å²) in [5, 5.41) is 6.51. The highest BCUT2D eigenvalue weighted by molar-refractivity contribution is 5.27. The first-order valence-electron chi connectivity index (χ1n) is 8.09. The van der Waals surface area contributed by atoms with Gasteiger partial charge >= 0.3 is 0 Å². The Labute approximate surface area is 129 Å². The van der Waals surface area contributed by atoms with E-state index in [-0.39, 0.29) is 0 Å². The Bertz CT molecular complexity index is 350. The fourth-order valence-electron chi connectivity index (χ4n) is 2.17. The minimum absolute atomic E-state index is 0.788. The Hall–Kier alpha value is -1.10. The first kappa shape index (κ1) is 18.0. The molecule has 21 heavy (non-hydrogen) atoms. The number of nitrogens with zero attached hydrogens (tertiary/aromatic N) is 1. The maximum atomic E-state index is 5.79. The summed E-state index contributed by atoms with van der Waals surface area (Å²) < 4.78 is 5.79. The van der Waals surface area contributed by atoms with E-state index in [1.54, 1.807) is 0 Å². The molecule has 4 nitrogen and oxygen atoms in total. The van der Waals surface area contributed by atoms with Gasteiger partial charge in [0.05, 0.1) is 6.61 Å². The summed E-state index contributed by atoms with van der Waals surface area (Å²) in [4.78, 5) is 2.42. The van der Waals surface area contributed by atoms with Gasteiger partial charge in [-0.1, -0.05) is 26.0 Å². The van der Waals surface area contributed by atoms with Crippen molar-refractivity contribution < 1.29 is 4.74 Å². The quantitative estimate of drug-likeness (QED) is 0.579. The minimum Gasteiger partial charge on any atom is -0.494 e. The van der Waals surface area contributed by atoms with E-state index in [9.17, 15) is 0 Å². The molecule has 0 amide bonds. The van der Waals surface area contributed by atoms with Crippen molar-refractivity contribution in [3.8, 4) is 5.75 Å². The van der Waals surface area contributed by atoms with Crippen LogP contribution in [0.15, 0.2) is 24.3 Å². The zero-order valence-electron chi connectivity index (χ0n) is 13.8. The summed E-state index contributed by atoms with van der Waals surface area (Å²) in [7, 11) is 1.97. The van der Waals surface area contributed by atoms with Crippen LogP contribution < -0.4 is 15.4 Å². The van der Waals surface area contributed by atoms with Gasteiger partial charge in [0.25, 0.3) is 0 Å². The van der Waals surface area contributed by atoms with Crippen molar-refractivity contribution in [3.05, 3.63) is 29.8 Å². The SMILES string of the molecule is CCN(CC)CCCOc1ccc(CNCCNC)cc1. The van der Waals surface area contributed by atoms with Gasteiger partial charge in [-0.3, -0.25) is 0 Å². The van der Waals surface area contributed by atoms with Gasteiger partial charge in [-0.25, -0.2) is 0 Å². The summed E-state index contributed by atoms with van der Waals surface area (Å²) in [5.41, 5.74) is 1.29. The van der Waals surface area contributed by atoms with Crippen molar-refractivity contribution in [2.24, 2.45) is 0 Å². The Morgan fingerprint density at radius 2 is 1.76 bits per heavy atom. The first-order chi connectivity index (χ1) is 10.3. The molecule has 0 saturated carbocycles. The van der Waals surface area contributed by atoms with Gasteiger partial charge in [-0.15, -0.1) is 0 Å². The number of hydrogen-bond donors (Lipinski definition) is 2. The molecule has 0 atom stereocenters. The van der Waals surface area contributed by atoms with Crippen molar-refractivity contribution in [2.75, 3.05) is 46.4 Å². The molecule has 0 saturated heterocycles. The maximum absolute atomic E-state index is 5.79. The summed E-state index contributed by atoms with van der Waals surface area (Å²) in [6, 6.07) is 8.39. The van der Waals surface area contributed by atoms with E-state index in [0.717, 1.165) is 58.0 Å². The molecule has 0 heterocycles. The Kier molecular flexibility index (Phi) is 9.87. The van der Waals surface area contributed by atoms with E-state index < -0.39 is 0 Å². The van der Waals surface area contributed by atoms with E-state index in [1.807, 2.05) is 7.05 Å². The van der Waals surface area contributed by atoms with E-state index in [4.69, 9.17) is 4.74 Å². The lowest BCUT2D eigenvalue weighted by Crippen LogP contribution is -2.25. The van der Waals surface area contributed by atoms with Crippen LogP contribution in [0.5, 0.6) is 5.75 Å². The minimum atomic E-state index is 0.788. The predicted octanol–water partition coefficient (Wildman–Crippen LogP) is 2.11.